The summed E-state index contributed by atoms with van der Waals surface area (Å²) in [4.78, 5) is 4.51. The van der Waals surface area contributed by atoms with Crippen molar-refractivity contribution >= 4 is 11.4 Å². The SMILES string of the molecule is C/C(=N/NCc1cn2ccccc2n1)c1ccccc1. The van der Waals surface area contributed by atoms with Crippen LogP contribution >= 0.6 is 0 Å². The highest BCUT2D eigenvalue weighted by atomic mass is 15.3. The molecule has 0 aliphatic rings. The van der Waals surface area contributed by atoms with Crippen molar-refractivity contribution in [2.24, 2.45) is 5.10 Å². The molecule has 0 saturated heterocycles. The van der Waals surface area contributed by atoms with Gasteiger partial charge in [-0.05, 0) is 24.6 Å². The minimum absolute atomic E-state index is 0.617. The molecule has 0 atom stereocenters. The molecule has 2 heterocycles. The number of nitrogens with one attached hydrogen (secondary N) is 1. The van der Waals surface area contributed by atoms with E-state index in [-0.39, 0.29) is 0 Å². The van der Waals surface area contributed by atoms with E-state index in [0.29, 0.717) is 6.54 Å². The molecule has 0 aliphatic heterocycles. The van der Waals surface area contributed by atoms with Crippen LogP contribution in [0.5, 0.6) is 0 Å². The van der Waals surface area contributed by atoms with Gasteiger partial charge < -0.3 is 9.83 Å². The number of hydrogen-bond acceptors (Lipinski definition) is 3. The van der Waals surface area contributed by atoms with Crippen LogP contribution in [0.15, 0.2) is 66.0 Å². The van der Waals surface area contributed by atoms with Crippen LogP contribution in [-0.2, 0) is 6.54 Å². The predicted molar refractivity (Wildman–Crippen MR) is 80.7 cm³/mol. The summed E-state index contributed by atoms with van der Waals surface area (Å²) in [5, 5.41) is 4.38. The lowest BCUT2D eigenvalue weighted by molar-refractivity contribution is 0.730. The van der Waals surface area contributed by atoms with Crippen molar-refractivity contribution in [3.8, 4) is 0 Å². The van der Waals surface area contributed by atoms with E-state index >= 15 is 0 Å². The summed E-state index contributed by atoms with van der Waals surface area (Å²) < 4.78 is 2.00. The number of aromatic nitrogens is 2. The lowest BCUT2D eigenvalue weighted by Crippen LogP contribution is -2.09. The van der Waals surface area contributed by atoms with E-state index in [1.54, 1.807) is 0 Å². The Morgan fingerprint density at radius 1 is 1.15 bits per heavy atom. The summed E-state index contributed by atoms with van der Waals surface area (Å²) in [7, 11) is 0. The van der Waals surface area contributed by atoms with Gasteiger partial charge in [0.1, 0.15) is 5.65 Å². The quantitative estimate of drug-likeness (QED) is 0.581. The number of hydrogen-bond donors (Lipinski definition) is 1. The predicted octanol–water partition coefficient (Wildman–Crippen LogP) is 2.85. The van der Waals surface area contributed by atoms with Gasteiger partial charge >= 0.3 is 0 Å². The number of rotatable bonds is 4. The Morgan fingerprint density at radius 3 is 2.75 bits per heavy atom. The van der Waals surface area contributed by atoms with E-state index in [4.69, 9.17) is 0 Å². The third-order valence-electron chi connectivity index (χ3n) is 3.11. The Hall–Kier alpha value is -2.62. The summed E-state index contributed by atoms with van der Waals surface area (Å²) in [5.74, 6) is 0. The van der Waals surface area contributed by atoms with E-state index < -0.39 is 0 Å². The fourth-order valence-corrected chi connectivity index (χ4v) is 2.06. The van der Waals surface area contributed by atoms with Gasteiger partial charge in [-0.15, -0.1) is 0 Å². The second-order valence-electron chi connectivity index (χ2n) is 4.60. The largest absolute Gasteiger partial charge is 0.307 e. The van der Waals surface area contributed by atoms with Crippen LogP contribution in [0.3, 0.4) is 0 Å². The molecule has 0 radical (unpaired) electrons. The van der Waals surface area contributed by atoms with E-state index in [1.165, 1.54) is 0 Å². The summed E-state index contributed by atoms with van der Waals surface area (Å²) in [6, 6.07) is 16.1. The summed E-state index contributed by atoms with van der Waals surface area (Å²) in [6.45, 7) is 2.61. The lowest BCUT2D eigenvalue weighted by atomic mass is 10.1. The third-order valence-corrected chi connectivity index (χ3v) is 3.11. The number of hydrazone groups is 1. The topological polar surface area (TPSA) is 41.7 Å². The minimum atomic E-state index is 0.617. The average Bonchev–Trinajstić information content (AvgIpc) is 2.90. The molecule has 1 N–H and O–H groups in total. The first-order chi connectivity index (χ1) is 9.83. The Bertz CT molecular complexity index is 695. The van der Waals surface area contributed by atoms with Gasteiger partial charge in [0.2, 0.25) is 0 Å². The molecular weight excluding hydrogens is 248 g/mol. The molecule has 1 aromatic carbocycles. The number of fused-ring (bicyclic) bond motifs is 1. The Balaban J connectivity index is 1.67. The summed E-state index contributed by atoms with van der Waals surface area (Å²) >= 11 is 0. The molecule has 0 saturated carbocycles. The van der Waals surface area contributed by atoms with Crippen molar-refractivity contribution in [1.82, 2.24) is 14.8 Å². The molecule has 3 rings (SSSR count). The summed E-state index contributed by atoms with van der Waals surface area (Å²) in [6.07, 6.45) is 4.00. The second kappa shape index (κ2) is 5.57. The van der Waals surface area contributed by atoms with E-state index in [9.17, 15) is 0 Å². The summed E-state index contributed by atoms with van der Waals surface area (Å²) in [5.41, 5.74) is 7.09. The minimum Gasteiger partial charge on any atom is -0.307 e. The maximum absolute atomic E-state index is 4.51. The van der Waals surface area contributed by atoms with Gasteiger partial charge in [0, 0.05) is 12.4 Å². The highest BCUT2D eigenvalue weighted by Crippen LogP contribution is 2.04. The van der Waals surface area contributed by atoms with E-state index in [0.717, 1.165) is 22.6 Å². The third kappa shape index (κ3) is 2.69. The first-order valence-electron chi connectivity index (χ1n) is 6.58. The number of benzene rings is 1. The number of imidazole rings is 1. The van der Waals surface area contributed by atoms with Crippen molar-refractivity contribution in [3.05, 3.63) is 72.2 Å². The molecular formula is C16H16N4. The normalized spacial score (nSPS) is 11.8. The molecule has 100 valence electrons. The van der Waals surface area contributed by atoms with Crippen LogP contribution in [0.25, 0.3) is 5.65 Å². The van der Waals surface area contributed by atoms with Crippen molar-refractivity contribution in [2.45, 2.75) is 13.5 Å². The first-order valence-corrected chi connectivity index (χ1v) is 6.58. The van der Waals surface area contributed by atoms with Crippen molar-refractivity contribution in [2.75, 3.05) is 0 Å². The van der Waals surface area contributed by atoms with Crippen molar-refractivity contribution in [1.29, 1.82) is 0 Å². The average molecular weight is 264 g/mol. The van der Waals surface area contributed by atoms with Crippen LogP contribution < -0.4 is 5.43 Å². The first kappa shape index (κ1) is 12.4. The lowest BCUT2D eigenvalue weighted by Gasteiger charge is -2.01. The van der Waals surface area contributed by atoms with Gasteiger partial charge in [-0.25, -0.2) is 4.98 Å². The van der Waals surface area contributed by atoms with Gasteiger partial charge in [0.15, 0.2) is 0 Å². The molecule has 2 aromatic heterocycles. The number of nitrogens with zero attached hydrogens (tertiary/aromatic N) is 3. The maximum Gasteiger partial charge on any atom is 0.137 e. The molecule has 0 spiro atoms. The van der Waals surface area contributed by atoms with Gasteiger partial charge in [-0.1, -0.05) is 36.4 Å². The number of pyridine rings is 1. The zero-order valence-electron chi connectivity index (χ0n) is 11.3. The molecule has 20 heavy (non-hydrogen) atoms. The Morgan fingerprint density at radius 2 is 1.95 bits per heavy atom. The smallest absolute Gasteiger partial charge is 0.137 e. The highest BCUT2D eigenvalue weighted by Gasteiger charge is 2.00. The van der Waals surface area contributed by atoms with Crippen molar-refractivity contribution < 1.29 is 0 Å². The van der Waals surface area contributed by atoms with Crippen LogP contribution in [0, 0.1) is 0 Å². The van der Waals surface area contributed by atoms with Gasteiger partial charge in [0.25, 0.3) is 0 Å². The molecule has 0 unspecified atom stereocenters. The van der Waals surface area contributed by atoms with Gasteiger partial charge in [-0.2, -0.15) is 5.10 Å². The van der Waals surface area contributed by atoms with Crippen LogP contribution in [0.1, 0.15) is 18.2 Å². The van der Waals surface area contributed by atoms with E-state index in [1.807, 2.05) is 72.2 Å². The second-order valence-corrected chi connectivity index (χ2v) is 4.60. The molecule has 0 bridgehead atoms. The monoisotopic (exact) mass is 264 g/mol. The van der Waals surface area contributed by atoms with Gasteiger partial charge in [-0.3, -0.25) is 0 Å². The van der Waals surface area contributed by atoms with Crippen LogP contribution in [0.2, 0.25) is 0 Å². The fourth-order valence-electron chi connectivity index (χ4n) is 2.06. The highest BCUT2D eigenvalue weighted by molar-refractivity contribution is 5.98. The van der Waals surface area contributed by atoms with Crippen molar-refractivity contribution in [3.63, 3.8) is 0 Å². The van der Waals surface area contributed by atoms with E-state index in [2.05, 4.69) is 15.5 Å². The standard InChI is InChI=1S/C16H16N4/c1-13(14-7-3-2-4-8-14)19-17-11-15-12-20-10-6-5-9-16(20)18-15/h2-10,12,17H,11H2,1H3/b19-13-. The molecule has 4 heteroatoms. The molecule has 4 nitrogen and oxygen atoms in total. The Kier molecular flexibility index (Phi) is 3.46. The van der Waals surface area contributed by atoms with Gasteiger partial charge in [0.05, 0.1) is 18.0 Å². The molecule has 0 amide bonds. The Labute approximate surface area is 117 Å². The molecule has 0 aliphatic carbocycles. The molecule has 0 fully saturated rings. The van der Waals surface area contributed by atoms with Crippen LogP contribution in [0.4, 0.5) is 0 Å². The van der Waals surface area contributed by atoms with Crippen LogP contribution in [-0.4, -0.2) is 15.1 Å². The zero-order chi connectivity index (χ0) is 13.8. The molecule has 3 aromatic rings. The maximum atomic E-state index is 4.51. The fraction of sp³-hybridized carbons (Fsp3) is 0.125. The zero-order valence-corrected chi connectivity index (χ0v) is 11.3.